The molecule has 0 spiro atoms. The van der Waals surface area contributed by atoms with Gasteiger partial charge in [0, 0.05) is 17.1 Å². The van der Waals surface area contributed by atoms with Crippen molar-refractivity contribution >= 4 is 23.2 Å². The molecule has 80 valence electrons. The Morgan fingerprint density at radius 1 is 1.38 bits per heavy atom. The van der Waals surface area contributed by atoms with Gasteiger partial charge >= 0.3 is 5.97 Å². The van der Waals surface area contributed by atoms with E-state index in [0.29, 0.717) is 22.0 Å². The van der Waals surface area contributed by atoms with Crippen LogP contribution >= 0.6 is 0 Å². The lowest BCUT2D eigenvalue weighted by Crippen LogP contribution is -2.03. The maximum absolute atomic E-state index is 11.5. The third-order valence-corrected chi connectivity index (χ3v) is 2.34. The number of fused-ring (bicyclic) bond motifs is 1. The molecule has 1 aromatic heterocycles. The fourth-order valence-electron chi connectivity index (χ4n) is 1.57. The molecule has 0 aliphatic carbocycles. The van der Waals surface area contributed by atoms with E-state index in [4.69, 9.17) is 0 Å². The summed E-state index contributed by atoms with van der Waals surface area (Å²) in [6.45, 7) is 0. The maximum Gasteiger partial charge on any atom is 0.340 e. The summed E-state index contributed by atoms with van der Waals surface area (Å²) in [5.74, 6) is -0.457. The van der Waals surface area contributed by atoms with Gasteiger partial charge in [-0.15, -0.1) is 0 Å². The second-order valence-electron chi connectivity index (χ2n) is 3.21. The van der Waals surface area contributed by atoms with Crippen molar-refractivity contribution in [3.05, 3.63) is 41.6 Å². The number of aldehydes is 1. The molecule has 0 fully saturated rings. The molecule has 1 heterocycles. The summed E-state index contributed by atoms with van der Waals surface area (Å²) in [5.41, 5.74) is 1.36. The highest BCUT2D eigenvalue weighted by atomic mass is 16.5. The van der Waals surface area contributed by atoms with Gasteiger partial charge in [0.05, 0.1) is 18.2 Å². The Labute approximate surface area is 91.9 Å². The van der Waals surface area contributed by atoms with Crippen LogP contribution in [-0.2, 0) is 4.74 Å². The molecule has 0 unspecified atom stereocenters. The van der Waals surface area contributed by atoms with Crippen LogP contribution in [0.3, 0.4) is 0 Å². The molecule has 1 aromatic carbocycles. The summed E-state index contributed by atoms with van der Waals surface area (Å²) in [7, 11) is 1.31. The van der Waals surface area contributed by atoms with Crippen LogP contribution in [-0.4, -0.2) is 24.3 Å². The van der Waals surface area contributed by atoms with Gasteiger partial charge in [0.2, 0.25) is 0 Å². The molecule has 0 aliphatic rings. The van der Waals surface area contributed by atoms with E-state index in [1.165, 1.54) is 13.3 Å². The predicted octanol–water partition coefficient (Wildman–Crippen LogP) is 1.83. The molecule has 2 aromatic rings. The summed E-state index contributed by atoms with van der Waals surface area (Å²) in [5, 5.41) is 0.653. The van der Waals surface area contributed by atoms with Crippen LogP contribution in [0.2, 0.25) is 0 Å². The van der Waals surface area contributed by atoms with Gasteiger partial charge in [0.25, 0.3) is 0 Å². The smallest absolute Gasteiger partial charge is 0.340 e. The van der Waals surface area contributed by atoms with Crippen molar-refractivity contribution in [1.82, 2.24) is 4.98 Å². The molecule has 0 atom stereocenters. The van der Waals surface area contributed by atoms with E-state index in [0.717, 1.165) is 6.29 Å². The first-order valence-corrected chi connectivity index (χ1v) is 4.69. The number of hydrogen-bond acceptors (Lipinski definition) is 4. The van der Waals surface area contributed by atoms with Gasteiger partial charge < -0.3 is 4.74 Å². The van der Waals surface area contributed by atoms with Gasteiger partial charge in [-0.2, -0.15) is 0 Å². The molecular weight excluding hydrogens is 206 g/mol. The quantitative estimate of drug-likeness (QED) is 0.566. The number of rotatable bonds is 2. The number of aromatic nitrogens is 1. The van der Waals surface area contributed by atoms with E-state index in [1.54, 1.807) is 24.3 Å². The highest BCUT2D eigenvalue weighted by Gasteiger charge is 2.12. The molecule has 0 saturated heterocycles. The maximum atomic E-state index is 11.5. The molecule has 4 heteroatoms. The summed E-state index contributed by atoms with van der Waals surface area (Å²) < 4.78 is 4.65. The van der Waals surface area contributed by atoms with Crippen LogP contribution in [0.1, 0.15) is 20.7 Å². The van der Waals surface area contributed by atoms with E-state index in [-0.39, 0.29) is 0 Å². The van der Waals surface area contributed by atoms with Crippen molar-refractivity contribution in [2.45, 2.75) is 0 Å². The minimum Gasteiger partial charge on any atom is -0.465 e. The topological polar surface area (TPSA) is 56.3 Å². The third kappa shape index (κ3) is 1.54. The van der Waals surface area contributed by atoms with Gasteiger partial charge in [-0.3, -0.25) is 9.78 Å². The number of hydrogen-bond donors (Lipinski definition) is 0. The molecule has 0 aliphatic heterocycles. The zero-order chi connectivity index (χ0) is 11.5. The number of methoxy groups -OCH3 is 1. The predicted molar refractivity (Wildman–Crippen MR) is 58.5 cm³/mol. The summed E-state index contributed by atoms with van der Waals surface area (Å²) in [6, 6.07) is 6.67. The van der Waals surface area contributed by atoms with E-state index in [2.05, 4.69) is 9.72 Å². The van der Waals surface area contributed by atoms with Crippen molar-refractivity contribution in [1.29, 1.82) is 0 Å². The van der Waals surface area contributed by atoms with Gasteiger partial charge in [0.15, 0.2) is 6.29 Å². The first kappa shape index (κ1) is 10.3. The fraction of sp³-hybridized carbons (Fsp3) is 0.0833. The minimum absolute atomic E-state index is 0.365. The lowest BCUT2D eigenvalue weighted by Gasteiger charge is -2.04. The Balaban J connectivity index is 2.78. The average Bonchev–Trinajstić information content (AvgIpc) is 2.36. The van der Waals surface area contributed by atoms with Crippen molar-refractivity contribution in [2.75, 3.05) is 7.11 Å². The van der Waals surface area contributed by atoms with Gasteiger partial charge in [-0.1, -0.05) is 12.1 Å². The van der Waals surface area contributed by atoms with Gasteiger partial charge in [0.1, 0.15) is 0 Å². The minimum atomic E-state index is -0.457. The van der Waals surface area contributed by atoms with E-state index >= 15 is 0 Å². The lowest BCUT2D eigenvalue weighted by molar-refractivity contribution is 0.0602. The largest absolute Gasteiger partial charge is 0.465 e. The Bertz CT molecular complexity index is 563. The molecule has 16 heavy (non-hydrogen) atoms. The second kappa shape index (κ2) is 4.10. The Kier molecular flexibility index (Phi) is 2.64. The number of ether oxygens (including phenoxy) is 1. The van der Waals surface area contributed by atoms with Crippen LogP contribution < -0.4 is 0 Å². The second-order valence-corrected chi connectivity index (χ2v) is 3.21. The van der Waals surface area contributed by atoms with Crippen LogP contribution in [0.25, 0.3) is 10.9 Å². The monoisotopic (exact) mass is 215 g/mol. The zero-order valence-electron chi connectivity index (χ0n) is 8.64. The first-order valence-electron chi connectivity index (χ1n) is 4.69. The SMILES string of the molecule is COC(=O)c1cccc2c(C=O)ccnc12. The van der Waals surface area contributed by atoms with Crippen LogP contribution in [0.15, 0.2) is 30.5 Å². The number of esters is 1. The molecular formula is C12H9NO3. The summed E-state index contributed by atoms with van der Waals surface area (Å²) in [4.78, 5) is 26.4. The molecule has 0 N–H and O–H groups in total. The Hall–Kier alpha value is -2.23. The van der Waals surface area contributed by atoms with Crippen molar-refractivity contribution in [2.24, 2.45) is 0 Å². The number of benzene rings is 1. The van der Waals surface area contributed by atoms with Crippen molar-refractivity contribution in [3.63, 3.8) is 0 Å². The van der Waals surface area contributed by atoms with Crippen molar-refractivity contribution in [3.8, 4) is 0 Å². The van der Waals surface area contributed by atoms with E-state index in [1.807, 2.05) is 0 Å². The van der Waals surface area contributed by atoms with Gasteiger partial charge in [-0.05, 0) is 12.1 Å². The summed E-state index contributed by atoms with van der Waals surface area (Å²) >= 11 is 0. The number of pyridine rings is 1. The molecule has 0 amide bonds. The summed E-state index contributed by atoms with van der Waals surface area (Å²) in [6.07, 6.45) is 2.24. The molecule has 0 saturated carbocycles. The highest BCUT2D eigenvalue weighted by Crippen LogP contribution is 2.19. The van der Waals surface area contributed by atoms with E-state index < -0.39 is 5.97 Å². The molecule has 4 nitrogen and oxygen atoms in total. The average molecular weight is 215 g/mol. The molecule has 2 rings (SSSR count). The third-order valence-electron chi connectivity index (χ3n) is 2.34. The Morgan fingerprint density at radius 2 is 2.19 bits per heavy atom. The van der Waals surface area contributed by atoms with Crippen LogP contribution in [0.5, 0.6) is 0 Å². The zero-order valence-corrected chi connectivity index (χ0v) is 8.64. The van der Waals surface area contributed by atoms with Crippen LogP contribution in [0.4, 0.5) is 0 Å². The number of carbonyl (C=O) groups excluding carboxylic acids is 2. The molecule has 0 bridgehead atoms. The highest BCUT2D eigenvalue weighted by molar-refractivity contribution is 6.06. The fourth-order valence-corrected chi connectivity index (χ4v) is 1.57. The van der Waals surface area contributed by atoms with Crippen LogP contribution in [0, 0.1) is 0 Å². The number of nitrogens with zero attached hydrogens (tertiary/aromatic N) is 1. The Morgan fingerprint density at radius 3 is 2.88 bits per heavy atom. The van der Waals surface area contributed by atoms with Crippen molar-refractivity contribution < 1.29 is 14.3 Å². The lowest BCUT2D eigenvalue weighted by atomic mass is 10.1. The first-order chi connectivity index (χ1) is 7.77. The molecule has 0 radical (unpaired) electrons. The van der Waals surface area contributed by atoms with E-state index in [9.17, 15) is 9.59 Å². The van der Waals surface area contributed by atoms with Gasteiger partial charge in [-0.25, -0.2) is 4.79 Å². The normalized spacial score (nSPS) is 10.1. The number of para-hydroxylation sites is 1. The standard InChI is InChI=1S/C12H9NO3/c1-16-12(15)10-4-2-3-9-8(7-14)5-6-13-11(9)10/h2-7H,1H3. The number of carbonyl (C=O) groups is 2.